The lowest BCUT2D eigenvalue weighted by Gasteiger charge is -2.15. The summed E-state index contributed by atoms with van der Waals surface area (Å²) < 4.78 is 26.3. The van der Waals surface area contributed by atoms with Crippen molar-refractivity contribution >= 4 is 5.97 Å². The smallest absolute Gasteiger partial charge is 0.303 e. The van der Waals surface area contributed by atoms with E-state index in [2.05, 4.69) is 24.9 Å². The summed E-state index contributed by atoms with van der Waals surface area (Å²) in [5, 5.41) is 9.11. The average molecular weight is 515 g/mol. The summed E-state index contributed by atoms with van der Waals surface area (Å²) in [5.74, 6) is 0.0237. The summed E-state index contributed by atoms with van der Waals surface area (Å²) in [6.45, 7) is 6.24. The third kappa shape index (κ3) is 6.35. The standard InChI is InChI=1S/C31H31FN2O4/c1-19(2)21-7-5-9-23(14-21)30-31(27-16-25(37-4)11-12-28(27)32)33-17-24(34-30)18-38-26-10-6-8-22(15-26)20(3)13-29(35)36/h5-12,14-17,19-20H,13,18H2,1-4H3,(H,35,36)/t20-/m1/s1. The van der Waals surface area contributed by atoms with Crippen LogP contribution in [0.1, 0.15) is 55.8 Å². The Hall–Kier alpha value is -4.26. The van der Waals surface area contributed by atoms with Gasteiger partial charge >= 0.3 is 5.97 Å². The number of rotatable bonds is 10. The molecule has 1 heterocycles. The SMILES string of the molecule is COc1ccc(F)c(-c2ncc(COc3cccc([C@H](C)CC(=O)O)c3)nc2-c2cccc(C(C)C)c2)c1. The van der Waals surface area contributed by atoms with E-state index in [4.69, 9.17) is 19.6 Å². The molecule has 0 fully saturated rings. The molecule has 1 atom stereocenters. The molecular weight excluding hydrogens is 483 g/mol. The number of methoxy groups -OCH3 is 1. The van der Waals surface area contributed by atoms with Crippen molar-refractivity contribution < 1.29 is 23.8 Å². The Morgan fingerprint density at radius 3 is 2.45 bits per heavy atom. The van der Waals surface area contributed by atoms with Gasteiger partial charge in [0.2, 0.25) is 0 Å². The normalized spacial score (nSPS) is 11.8. The van der Waals surface area contributed by atoms with E-state index in [0.717, 1.165) is 16.7 Å². The van der Waals surface area contributed by atoms with Gasteiger partial charge in [0, 0.05) is 11.1 Å². The van der Waals surface area contributed by atoms with Gasteiger partial charge in [-0.15, -0.1) is 0 Å². The molecule has 0 unspecified atom stereocenters. The van der Waals surface area contributed by atoms with Gasteiger partial charge in [-0.05, 0) is 59.4 Å². The molecule has 0 amide bonds. The number of benzene rings is 3. The van der Waals surface area contributed by atoms with Gasteiger partial charge in [-0.3, -0.25) is 9.78 Å². The fourth-order valence-electron chi connectivity index (χ4n) is 4.20. The van der Waals surface area contributed by atoms with Crippen LogP contribution in [0.4, 0.5) is 4.39 Å². The number of aliphatic carboxylic acids is 1. The molecule has 38 heavy (non-hydrogen) atoms. The molecular formula is C31H31FN2O4. The van der Waals surface area contributed by atoms with Crippen LogP contribution in [0.3, 0.4) is 0 Å². The molecule has 0 aliphatic rings. The lowest BCUT2D eigenvalue weighted by Crippen LogP contribution is -2.05. The molecule has 4 rings (SSSR count). The molecule has 0 radical (unpaired) electrons. The zero-order valence-electron chi connectivity index (χ0n) is 21.9. The summed E-state index contributed by atoms with van der Waals surface area (Å²) in [4.78, 5) is 20.6. The van der Waals surface area contributed by atoms with E-state index in [1.807, 2.05) is 49.4 Å². The maximum atomic E-state index is 15.0. The lowest BCUT2D eigenvalue weighted by molar-refractivity contribution is -0.137. The molecule has 0 aliphatic carbocycles. The highest BCUT2D eigenvalue weighted by Crippen LogP contribution is 2.34. The number of carboxylic acids is 1. The average Bonchev–Trinajstić information content (AvgIpc) is 2.92. The zero-order valence-corrected chi connectivity index (χ0v) is 21.9. The number of nitrogens with zero attached hydrogens (tertiary/aromatic N) is 2. The Labute approximate surface area is 222 Å². The van der Waals surface area contributed by atoms with Gasteiger partial charge in [-0.1, -0.05) is 51.1 Å². The summed E-state index contributed by atoms with van der Waals surface area (Å²) in [7, 11) is 1.54. The number of hydrogen-bond donors (Lipinski definition) is 1. The van der Waals surface area contributed by atoms with Crippen LogP contribution in [0, 0.1) is 5.82 Å². The quantitative estimate of drug-likeness (QED) is 0.240. The fourth-order valence-corrected chi connectivity index (χ4v) is 4.20. The van der Waals surface area contributed by atoms with Crippen molar-refractivity contribution in [3.63, 3.8) is 0 Å². The Morgan fingerprint density at radius 1 is 0.947 bits per heavy atom. The third-order valence-corrected chi connectivity index (χ3v) is 6.37. The largest absolute Gasteiger partial charge is 0.497 e. The highest BCUT2D eigenvalue weighted by atomic mass is 19.1. The van der Waals surface area contributed by atoms with Crippen LogP contribution in [0.5, 0.6) is 11.5 Å². The fraction of sp³-hybridized carbons (Fsp3) is 0.258. The first-order chi connectivity index (χ1) is 18.2. The van der Waals surface area contributed by atoms with Gasteiger partial charge in [-0.2, -0.15) is 0 Å². The molecule has 0 saturated heterocycles. The molecule has 7 heteroatoms. The predicted octanol–water partition coefficient (Wildman–Crippen LogP) is 7.24. The van der Waals surface area contributed by atoms with Crippen LogP contribution in [0.2, 0.25) is 0 Å². The second-order valence-electron chi connectivity index (χ2n) is 9.54. The highest BCUT2D eigenvalue weighted by Gasteiger charge is 2.18. The van der Waals surface area contributed by atoms with Gasteiger partial charge in [0.1, 0.15) is 23.9 Å². The predicted molar refractivity (Wildman–Crippen MR) is 145 cm³/mol. The maximum absolute atomic E-state index is 15.0. The minimum absolute atomic E-state index is 0.0377. The van der Waals surface area contributed by atoms with E-state index in [-0.39, 0.29) is 18.9 Å². The number of halogens is 1. The Bertz CT molecular complexity index is 1440. The molecule has 0 saturated carbocycles. The van der Waals surface area contributed by atoms with Crippen molar-refractivity contribution in [3.05, 3.63) is 95.6 Å². The van der Waals surface area contributed by atoms with E-state index in [0.29, 0.717) is 40.1 Å². The van der Waals surface area contributed by atoms with Crippen LogP contribution in [-0.4, -0.2) is 28.2 Å². The van der Waals surface area contributed by atoms with Gasteiger partial charge < -0.3 is 14.6 Å². The van der Waals surface area contributed by atoms with E-state index >= 15 is 0 Å². The Balaban J connectivity index is 1.70. The number of carboxylic acid groups (broad SMARTS) is 1. The van der Waals surface area contributed by atoms with E-state index < -0.39 is 11.8 Å². The van der Waals surface area contributed by atoms with Gasteiger partial charge in [0.15, 0.2) is 0 Å². The van der Waals surface area contributed by atoms with E-state index in [1.165, 1.54) is 13.2 Å². The summed E-state index contributed by atoms with van der Waals surface area (Å²) >= 11 is 0. The van der Waals surface area contributed by atoms with Crippen LogP contribution in [-0.2, 0) is 11.4 Å². The minimum Gasteiger partial charge on any atom is -0.497 e. The first-order valence-electron chi connectivity index (χ1n) is 12.5. The van der Waals surface area contributed by atoms with Gasteiger partial charge in [0.05, 0.1) is 36.8 Å². The lowest BCUT2D eigenvalue weighted by atomic mass is 9.97. The second kappa shape index (κ2) is 11.9. The molecule has 1 N–H and O–H groups in total. The molecule has 3 aromatic carbocycles. The zero-order chi connectivity index (χ0) is 27.2. The van der Waals surface area contributed by atoms with Gasteiger partial charge in [-0.25, -0.2) is 9.37 Å². The molecule has 196 valence electrons. The Kier molecular flexibility index (Phi) is 8.36. The number of hydrogen-bond acceptors (Lipinski definition) is 5. The number of carbonyl (C=O) groups is 1. The van der Waals surface area contributed by atoms with Crippen molar-refractivity contribution in [2.75, 3.05) is 7.11 Å². The van der Waals surface area contributed by atoms with Crippen molar-refractivity contribution in [2.45, 2.75) is 45.6 Å². The number of aromatic nitrogens is 2. The molecule has 0 bridgehead atoms. The maximum Gasteiger partial charge on any atom is 0.303 e. The van der Waals surface area contributed by atoms with Crippen LogP contribution >= 0.6 is 0 Å². The summed E-state index contributed by atoms with van der Waals surface area (Å²) in [6, 6.07) is 19.9. The topological polar surface area (TPSA) is 81.5 Å². The van der Waals surface area contributed by atoms with Crippen LogP contribution in [0.25, 0.3) is 22.5 Å². The highest BCUT2D eigenvalue weighted by molar-refractivity contribution is 5.79. The molecule has 0 spiro atoms. The second-order valence-corrected chi connectivity index (χ2v) is 9.54. The minimum atomic E-state index is -0.847. The first kappa shape index (κ1) is 26.8. The third-order valence-electron chi connectivity index (χ3n) is 6.37. The van der Waals surface area contributed by atoms with E-state index in [9.17, 15) is 9.18 Å². The van der Waals surface area contributed by atoms with Crippen molar-refractivity contribution in [1.82, 2.24) is 9.97 Å². The van der Waals surface area contributed by atoms with Crippen molar-refractivity contribution in [2.24, 2.45) is 0 Å². The van der Waals surface area contributed by atoms with Gasteiger partial charge in [0.25, 0.3) is 0 Å². The summed E-state index contributed by atoms with van der Waals surface area (Å²) in [6.07, 6.45) is 1.62. The van der Waals surface area contributed by atoms with Crippen LogP contribution in [0.15, 0.2) is 72.9 Å². The summed E-state index contributed by atoms with van der Waals surface area (Å²) in [5.41, 5.74) is 4.68. The molecule has 0 aliphatic heterocycles. The molecule has 4 aromatic rings. The van der Waals surface area contributed by atoms with Crippen LogP contribution < -0.4 is 9.47 Å². The molecule has 6 nitrogen and oxygen atoms in total. The van der Waals surface area contributed by atoms with E-state index in [1.54, 1.807) is 18.3 Å². The molecule has 1 aromatic heterocycles. The van der Waals surface area contributed by atoms with Crippen molar-refractivity contribution in [3.8, 4) is 34.0 Å². The number of ether oxygens (including phenoxy) is 2. The monoisotopic (exact) mass is 514 g/mol. The van der Waals surface area contributed by atoms with Crippen molar-refractivity contribution in [1.29, 1.82) is 0 Å². The Morgan fingerprint density at radius 2 is 1.71 bits per heavy atom. The first-order valence-corrected chi connectivity index (χ1v) is 12.5.